The Labute approximate surface area is 199 Å². The van der Waals surface area contributed by atoms with Gasteiger partial charge in [0.15, 0.2) is 5.16 Å². The number of thioether (sulfide) groups is 1. The highest BCUT2D eigenvalue weighted by atomic mass is 32.2. The summed E-state index contributed by atoms with van der Waals surface area (Å²) in [6.07, 6.45) is 1.70. The van der Waals surface area contributed by atoms with Gasteiger partial charge in [-0.15, -0.1) is 0 Å². The molecule has 33 heavy (non-hydrogen) atoms. The molecule has 0 saturated carbocycles. The summed E-state index contributed by atoms with van der Waals surface area (Å²) < 4.78 is 12.2. The molecule has 1 aliphatic heterocycles. The van der Waals surface area contributed by atoms with Crippen molar-refractivity contribution in [3.8, 4) is 0 Å². The summed E-state index contributed by atoms with van der Waals surface area (Å²) in [5.74, 6) is 0.769. The Morgan fingerprint density at radius 3 is 2.73 bits per heavy atom. The monoisotopic (exact) mass is 474 g/mol. The molecule has 0 unspecified atom stereocenters. The van der Waals surface area contributed by atoms with E-state index in [0.717, 1.165) is 44.8 Å². The largest absolute Gasteiger partial charge is 0.379 e. The second-order valence-electron chi connectivity index (χ2n) is 8.04. The van der Waals surface area contributed by atoms with Crippen LogP contribution in [-0.4, -0.2) is 72.6 Å². The van der Waals surface area contributed by atoms with Gasteiger partial charge in [0.2, 0.25) is 5.91 Å². The third-order valence-electron chi connectivity index (χ3n) is 5.57. The van der Waals surface area contributed by atoms with E-state index < -0.39 is 0 Å². The minimum atomic E-state index is -0.0516. The summed E-state index contributed by atoms with van der Waals surface area (Å²) in [5, 5.41) is 3.64. The fraction of sp³-hybridized carbons (Fsp3) is 0.542. The fourth-order valence-electron chi connectivity index (χ4n) is 3.70. The molecule has 3 rings (SSSR count). The van der Waals surface area contributed by atoms with Gasteiger partial charge in [-0.05, 0) is 12.0 Å². The molecular weight excluding hydrogens is 440 g/mol. The number of nitrogens with zero attached hydrogens (tertiary/aromatic N) is 3. The van der Waals surface area contributed by atoms with Crippen LogP contribution in [-0.2, 0) is 34.3 Å². The van der Waals surface area contributed by atoms with Crippen molar-refractivity contribution in [3.05, 3.63) is 57.5 Å². The van der Waals surface area contributed by atoms with E-state index in [4.69, 9.17) is 14.5 Å². The normalized spacial score (nSPS) is 14.4. The van der Waals surface area contributed by atoms with E-state index in [2.05, 4.69) is 10.2 Å². The minimum Gasteiger partial charge on any atom is -0.379 e. The van der Waals surface area contributed by atoms with Crippen molar-refractivity contribution in [2.24, 2.45) is 7.05 Å². The third kappa shape index (κ3) is 7.96. The Bertz CT molecular complexity index is 945. The first-order valence-electron chi connectivity index (χ1n) is 11.4. The Kier molecular flexibility index (Phi) is 10.4. The maximum absolute atomic E-state index is 13.1. The van der Waals surface area contributed by atoms with Gasteiger partial charge in [0.05, 0.1) is 25.5 Å². The SMILES string of the molecule is COCc1nc(SCCCC(=O)NCCN2CCOCC2)n(C)c(=O)c1Cc1ccccc1. The van der Waals surface area contributed by atoms with Gasteiger partial charge in [-0.2, -0.15) is 0 Å². The average molecular weight is 475 g/mol. The van der Waals surface area contributed by atoms with E-state index in [0.29, 0.717) is 41.6 Å². The van der Waals surface area contributed by atoms with Crippen LogP contribution in [0.3, 0.4) is 0 Å². The van der Waals surface area contributed by atoms with E-state index in [1.807, 2.05) is 30.3 Å². The molecule has 0 aliphatic carbocycles. The molecule has 0 bridgehead atoms. The van der Waals surface area contributed by atoms with E-state index in [1.165, 1.54) is 11.8 Å². The van der Waals surface area contributed by atoms with Crippen LogP contribution in [0.15, 0.2) is 40.3 Å². The molecule has 1 aromatic carbocycles. The van der Waals surface area contributed by atoms with Crippen LogP contribution >= 0.6 is 11.8 Å². The van der Waals surface area contributed by atoms with E-state index >= 15 is 0 Å². The van der Waals surface area contributed by atoms with Crippen molar-refractivity contribution in [2.75, 3.05) is 52.3 Å². The zero-order valence-corrected chi connectivity index (χ0v) is 20.4. The van der Waals surface area contributed by atoms with Gasteiger partial charge in [-0.1, -0.05) is 42.1 Å². The summed E-state index contributed by atoms with van der Waals surface area (Å²) in [7, 11) is 3.36. The first kappa shape index (κ1) is 25.4. The summed E-state index contributed by atoms with van der Waals surface area (Å²) in [6, 6.07) is 9.90. The highest BCUT2D eigenvalue weighted by molar-refractivity contribution is 7.99. The molecule has 1 fully saturated rings. The first-order valence-corrected chi connectivity index (χ1v) is 12.4. The lowest BCUT2D eigenvalue weighted by molar-refractivity contribution is -0.121. The van der Waals surface area contributed by atoms with E-state index in [-0.39, 0.29) is 18.1 Å². The number of ether oxygens (including phenoxy) is 2. The highest BCUT2D eigenvalue weighted by Gasteiger charge is 2.16. The second-order valence-corrected chi connectivity index (χ2v) is 9.10. The van der Waals surface area contributed by atoms with Gasteiger partial charge in [-0.25, -0.2) is 4.98 Å². The molecule has 8 nitrogen and oxygen atoms in total. The molecule has 9 heteroatoms. The van der Waals surface area contributed by atoms with Gasteiger partial charge >= 0.3 is 0 Å². The van der Waals surface area contributed by atoms with Crippen LogP contribution in [0.5, 0.6) is 0 Å². The Balaban J connectivity index is 1.49. The Morgan fingerprint density at radius 1 is 1.24 bits per heavy atom. The summed E-state index contributed by atoms with van der Waals surface area (Å²) >= 11 is 1.50. The van der Waals surface area contributed by atoms with Gasteiger partial charge in [0, 0.05) is 64.5 Å². The Morgan fingerprint density at radius 2 is 2.00 bits per heavy atom. The van der Waals surface area contributed by atoms with Gasteiger partial charge in [0.1, 0.15) is 0 Å². The van der Waals surface area contributed by atoms with Crippen LogP contribution < -0.4 is 10.9 Å². The number of hydrogen-bond donors (Lipinski definition) is 1. The topological polar surface area (TPSA) is 85.7 Å². The predicted molar refractivity (Wildman–Crippen MR) is 130 cm³/mol. The quantitative estimate of drug-likeness (QED) is 0.285. The number of nitrogens with one attached hydrogen (secondary N) is 1. The van der Waals surface area contributed by atoms with Crippen molar-refractivity contribution in [1.82, 2.24) is 19.8 Å². The van der Waals surface area contributed by atoms with Crippen LogP contribution in [0.25, 0.3) is 0 Å². The number of carbonyl (C=O) groups excluding carboxylic acids is 1. The smallest absolute Gasteiger partial charge is 0.257 e. The second kappa shape index (κ2) is 13.5. The highest BCUT2D eigenvalue weighted by Crippen LogP contribution is 2.19. The molecule has 0 atom stereocenters. The molecule has 2 aromatic rings. The molecular formula is C24H34N4O4S. The van der Waals surface area contributed by atoms with Crippen molar-refractivity contribution in [2.45, 2.75) is 31.0 Å². The van der Waals surface area contributed by atoms with Crippen LogP contribution in [0, 0.1) is 0 Å². The van der Waals surface area contributed by atoms with E-state index in [1.54, 1.807) is 18.7 Å². The molecule has 2 heterocycles. The number of morpholine rings is 1. The summed E-state index contributed by atoms with van der Waals surface area (Å²) in [6.45, 7) is 5.18. The van der Waals surface area contributed by atoms with Crippen molar-refractivity contribution in [1.29, 1.82) is 0 Å². The molecule has 1 N–H and O–H groups in total. The number of aromatic nitrogens is 2. The molecule has 1 saturated heterocycles. The standard InChI is InChI=1S/C24H34N4O4S/c1-27-23(30)20(17-19-7-4-3-5-8-19)21(18-31-2)26-24(27)33-16-6-9-22(29)25-10-11-28-12-14-32-15-13-28/h3-5,7-8H,6,9-18H2,1-2H3,(H,25,29). The maximum atomic E-state index is 13.1. The molecule has 0 radical (unpaired) electrons. The number of amides is 1. The summed E-state index contributed by atoms with van der Waals surface area (Å²) in [4.78, 5) is 32.2. The molecule has 0 spiro atoms. The minimum absolute atomic E-state index is 0.0516. The van der Waals surface area contributed by atoms with Gasteiger partial charge in [0.25, 0.3) is 5.56 Å². The Hall–Kier alpha value is -2.20. The van der Waals surface area contributed by atoms with E-state index in [9.17, 15) is 9.59 Å². The number of carbonyl (C=O) groups is 1. The zero-order valence-electron chi connectivity index (χ0n) is 19.5. The van der Waals surface area contributed by atoms with Crippen LogP contribution in [0.4, 0.5) is 0 Å². The van der Waals surface area contributed by atoms with Gasteiger partial charge < -0.3 is 14.8 Å². The van der Waals surface area contributed by atoms with Crippen molar-refractivity contribution < 1.29 is 14.3 Å². The van der Waals surface area contributed by atoms with Crippen molar-refractivity contribution >= 4 is 17.7 Å². The number of benzene rings is 1. The van der Waals surface area contributed by atoms with Crippen LogP contribution in [0.1, 0.15) is 29.7 Å². The molecule has 180 valence electrons. The molecule has 1 amide bonds. The van der Waals surface area contributed by atoms with Crippen LogP contribution in [0.2, 0.25) is 0 Å². The number of methoxy groups -OCH3 is 1. The third-order valence-corrected chi connectivity index (χ3v) is 6.68. The lowest BCUT2D eigenvalue weighted by Gasteiger charge is -2.26. The maximum Gasteiger partial charge on any atom is 0.257 e. The zero-order chi connectivity index (χ0) is 23.5. The molecule has 1 aromatic heterocycles. The number of hydrogen-bond acceptors (Lipinski definition) is 7. The lowest BCUT2D eigenvalue weighted by atomic mass is 10.0. The average Bonchev–Trinajstić information content (AvgIpc) is 2.83. The van der Waals surface area contributed by atoms with Gasteiger partial charge in [-0.3, -0.25) is 19.1 Å². The van der Waals surface area contributed by atoms with Crippen molar-refractivity contribution in [3.63, 3.8) is 0 Å². The predicted octanol–water partition coefficient (Wildman–Crippen LogP) is 1.84. The number of rotatable bonds is 12. The fourth-order valence-corrected chi connectivity index (χ4v) is 4.62. The summed E-state index contributed by atoms with van der Waals surface area (Å²) in [5.41, 5.74) is 2.35. The first-order chi connectivity index (χ1) is 16.1. The lowest BCUT2D eigenvalue weighted by Crippen LogP contribution is -2.41. The molecule has 1 aliphatic rings.